The Labute approximate surface area is 163 Å². The molecule has 0 N–H and O–H groups in total. The molecule has 27 heavy (non-hydrogen) atoms. The van der Waals surface area contributed by atoms with Gasteiger partial charge in [-0.3, -0.25) is 4.79 Å². The molecule has 0 aliphatic rings. The van der Waals surface area contributed by atoms with Crippen molar-refractivity contribution in [2.75, 3.05) is 14.2 Å². The van der Waals surface area contributed by atoms with Crippen molar-refractivity contribution in [3.05, 3.63) is 45.8 Å². The van der Waals surface area contributed by atoms with Crippen molar-refractivity contribution in [3.8, 4) is 11.1 Å². The number of aromatic nitrogens is 4. The molecule has 0 saturated heterocycles. The summed E-state index contributed by atoms with van der Waals surface area (Å²) in [7, 11) is 2.52. The van der Waals surface area contributed by atoms with Crippen molar-refractivity contribution in [1.82, 2.24) is 19.8 Å². The topological polar surface area (TPSA) is 95.7 Å². The zero-order chi connectivity index (χ0) is 19.6. The molecule has 1 aromatic carbocycles. The maximum atomic E-state index is 12.1. The molecule has 2 heterocycles. The summed E-state index contributed by atoms with van der Waals surface area (Å²) in [4.78, 5) is 24.0. The molecule has 3 aromatic rings. The largest absolute Gasteiger partial charge is 0.469 e. The number of benzene rings is 1. The third kappa shape index (κ3) is 3.55. The number of carbonyl (C=O) groups is 2. The molecule has 0 atom stereocenters. The normalized spacial score (nSPS) is 10.8. The molecule has 0 saturated carbocycles. The zero-order valence-electron chi connectivity index (χ0n) is 15.0. The summed E-state index contributed by atoms with van der Waals surface area (Å²) >= 11 is 3.42. The second-order valence-electron chi connectivity index (χ2n) is 5.66. The van der Waals surface area contributed by atoms with Gasteiger partial charge in [-0.25, -0.2) is 9.31 Å². The molecule has 0 bridgehead atoms. The third-order valence-corrected chi connectivity index (χ3v) is 4.62. The average Bonchev–Trinajstić information content (AvgIpc) is 3.07. The van der Waals surface area contributed by atoms with Crippen LogP contribution in [0.2, 0.25) is 0 Å². The highest BCUT2D eigenvalue weighted by Gasteiger charge is 2.25. The number of ether oxygens (including phenoxy) is 2. The monoisotopic (exact) mass is 432 g/mol. The predicted molar refractivity (Wildman–Crippen MR) is 100 cm³/mol. The molecule has 0 aliphatic carbocycles. The lowest BCUT2D eigenvalue weighted by Gasteiger charge is -2.08. The van der Waals surface area contributed by atoms with Gasteiger partial charge in [0.05, 0.1) is 37.6 Å². The Hall–Kier alpha value is -2.81. The first-order valence-corrected chi connectivity index (χ1v) is 8.97. The molecule has 0 unspecified atom stereocenters. The lowest BCUT2D eigenvalue weighted by molar-refractivity contribution is -0.139. The second-order valence-corrected chi connectivity index (χ2v) is 6.57. The Morgan fingerprint density at radius 1 is 1.11 bits per heavy atom. The molecule has 9 heteroatoms. The van der Waals surface area contributed by atoms with Crippen LogP contribution in [0.3, 0.4) is 0 Å². The Morgan fingerprint density at radius 2 is 1.81 bits per heavy atom. The van der Waals surface area contributed by atoms with Gasteiger partial charge in [0.25, 0.3) is 0 Å². The number of carbonyl (C=O) groups excluding carboxylic acids is 2. The van der Waals surface area contributed by atoms with Crippen molar-refractivity contribution in [2.45, 2.75) is 19.8 Å². The van der Waals surface area contributed by atoms with Gasteiger partial charge in [-0.05, 0) is 24.1 Å². The van der Waals surface area contributed by atoms with Gasteiger partial charge in [-0.1, -0.05) is 35.0 Å². The molecule has 140 valence electrons. The number of rotatable bonds is 5. The van der Waals surface area contributed by atoms with Gasteiger partial charge < -0.3 is 9.47 Å². The molecule has 2 aromatic heterocycles. The molecular formula is C18H17BrN4O4. The first-order valence-electron chi connectivity index (χ1n) is 8.18. The van der Waals surface area contributed by atoms with E-state index in [1.54, 1.807) is 0 Å². The third-order valence-electron chi connectivity index (χ3n) is 4.09. The number of esters is 2. The highest BCUT2D eigenvalue weighted by atomic mass is 79.9. The van der Waals surface area contributed by atoms with Gasteiger partial charge in [0.2, 0.25) is 0 Å². The number of halogens is 1. The van der Waals surface area contributed by atoms with Crippen LogP contribution in [0.25, 0.3) is 16.8 Å². The summed E-state index contributed by atoms with van der Waals surface area (Å²) in [6.07, 6.45) is 0.456. The lowest BCUT2D eigenvalue weighted by atomic mass is 10.0. The lowest BCUT2D eigenvalue weighted by Crippen LogP contribution is -2.19. The fourth-order valence-electron chi connectivity index (χ4n) is 2.77. The van der Waals surface area contributed by atoms with E-state index in [2.05, 4.69) is 31.2 Å². The van der Waals surface area contributed by atoms with Crippen LogP contribution in [0.4, 0.5) is 0 Å². The van der Waals surface area contributed by atoms with Crippen LogP contribution in [0.1, 0.15) is 28.8 Å². The van der Waals surface area contributed by atoms with Crippen molar-refractivity contribution in [1.29, 1.82) is 0 Å². The quantitative estimate of drug-likeness (QED) is 0.571. The smallest absolute Gasteiger partial charge is 0.360 e. The van der Waals surface area contributed by atoms with E-state index in [1.165, 1.54) is 18.7 Å². The Balaban J connectivity index is 2.30. The molecule has 8 nitrogen and oxygen atoms in total. The maximum absolute atomic E-state index is 12.1. The van der Waals surface area contributed by atoms with Crippen LogP contribution in [0, 0.1) is 0 Å². The summed E-state index contributed by atoms with van der Waals surface area (Å²) in [6, 6.07) is 7.72. The van der Waals surface area contributed by atoms with E-state index in [0.29, 0.717) is 12.1 Å². The van der Waals surface area contributed by atoms with Crippen molar-refractivity contribution < 1.29 is 19.1 Å². The van der Waals surface area contributed by atoms with Gasteiger partial charge in [0.1, 0.15) is 0 Å². The molecule has 0 aliphatic heterocycles. The number of fused-ring (bicyclic) bond motifs is 1. The Morgan fingerprint density at radius 3 is 2.41 bits per heavy atom. The minimum absolute atomic E-state index is 0.0668. The SMILES string of the molecule is CCc1nn2c(CC(=O)OC)c(C(=O)OC)nnc2c1-c1ccc(Br)cc1. The van der Waals surface area contributed by atoms with E-state index in [1.807, 2.05) is 31.2 Å². The van der Waals surface area contributed by atoms with Crippen LogP contribution in [-0.2, 0) is 27.1 Å². The van der Waals surface area contributed by atoms with E-state index < -0.39 is 11.9 Å². The van der Waals surface area contributed by atoms with Crippen LogP contribution in [0.5, 0.6) is 0 Å². The van der Waals surface area contributed by atoms with Crippen molar-refractivity contribution in [3.63, 3.8) is 0 Å². The van der Waals surface area contributed by atoms with Gasteiger partial charge in [-0.15, -0.1) is 10.2 Å². The first-order chi connectivity index (χ1) is 13.0. The van der Waals surface area contributed by atoms with Crippen molar-refractivity contribution >= 4 is 33.5 Å². The minimum atomic E-state index is -0.693. The van der Waals surface area contributed by atoms with E-state index in [9.17, 15) is 9.59 Å². The second kappa shape index (κ2) is 7.83. The molecule has 0 amide bonds. The van der Waals surface area contributed by atoms with Crippen LogP contribution in [-0.4, -0.2) is 46.0 Å². The van der Waals surface area contributed by atoms with Crippen molar-refractivity contribution in [2.24, 2.45) is 0 Å². The van der Waals surface area contributed by atoms with Gasteiger partial charge in [0.15, 0.2) is 11.3 Å². The molecule has 0 spiro atoms. The molecule has 0 radical (unpaired) electrons. The van der Waals surface area contributed by atoms with E-state index in [0.717, 1.165) is 21.3 Å². The van der Waals surface area contributed by atoms with E-state index in [-0.39, 0.29) is 17.8 Å². The Kier molecular flexibility index (Phi) is 5.50. The van der Waals surface area contributed by atoms with E-state index in [4.69, 9.17) is 9.47 Å². The maximum Gasteiger partial charge on any atom is 0.360 e. The first kappa shape index (κ1) is 19.0. The zero-order valence-corrected chi connectivity index (χ0v) is 16.6. The summed E-state index contributed by atoms with van der Waals surface area (Å²) in [5.74, 6) is -1.21. The highest BCUT2D eigenvalue weighted by Crippen LogP contribution is 2.30. The molecular weight excluding hydrogens is 416 g/mol. The summed E-state index contributed by atoms with van der Waals surface area (Å²) < 4.78 is 11.9. The number of aryl methyl sites for hydroxylation is 1. The number of hydrogen-bond acceptors (Lipinski definition) is 7. The minimum Gasteiger partial charge on any atom is -0.469 e. The number of nitrogens with zero attached hydrogens (tertiary/aromatic N) is 4. The summed E-state index contributed by atoms with van der Waals surface area (Å²) in [6.45, 7) is 1.97. The standard InChI is InChI=1S/C18H17BrN4O4/c1-4-12-15(10-5-7-11(19)8-6-10)17-21-20-16(18(25)27-3)13(23(17)22-12)9-14(24)26-2/h5-8H,4,9H2,1-3H3. The fourth-order valence-corrected chi connectivity index (χ4v) is 3.04. The average molecular weight is 433 g/mol. The summed E-state index contributed by atoms with van der Waals surface area (Å²) in [5, 5.41) is 12.8. The summed E-state index contributed by atoms with van der Waals surface area (Å²) in [5.41, 5.74) is 3.16. The van der Waals surface area contributed by atoms with Gasteiger partial charge in [0, 0.05) is 4.47 Å². The Bertz CT molecular complexity index is 1010. The highest BCUT2D eigenvalue weighted by molar-refractivity contribution is 9.10. The number of hydrogen-bond donors (Lipinski definition) is 0. The van der Waals surface area contributed by atoms with E-state index >= 15 is 0 Å². The van der Waals surface area contributed by atoms with Gasteiger partial charge >= 0.3 is 11.9 Å². The predicted octanol–water partition coefficient (Wildman–Crippen LogP) is 2.62. The van der Waals surface area contributed by atoms with Gasteiger partial charge in [-0.2, -0.15) is 5.10 Å². The van der Waals surface area contributed by atoms with Crippen LogP contribution >= 0.6 is 15.9 Å². The fraction of sp³-hybridized carbons (Fsp3) is 0.278. The number of methoxy groups -OCH3 is 2. The molecule has 0 fully saturated rings. The van der Waals surface area contributed by atoms with Crippen LogP contribution < -0.4 is 0 Å². The van der Waals surface area contributed by atoms with Crippen LogP contribution in [0.15, 0.2) is 28.7 Å². The molecule has 3 rings (SSSR count).